The predicted octanol–water partition coefficient (Wildman–Crippen LogP) is 3.35. The second-order valence-electron chi connectivity index (χ2n) is 8.52. The number of nitriles is 1. The molecule has 4 rings (SSSR count). The highest BCUT2D eigenvalue weighted by Crippen LogP contribution is 2.27. The van der Waals surface area contributed by atoms with E-state index in [0.29, 0.717) is 12.2 Å². The molecule has 1 unspecified atom stereocenters. The molecule has 0 bridgehead atoms. The second-order valence-corrected chi connectivity index (χ2v) is 8.52. The molecule has 0 saturated carbocycles. The van der Waals surface area contributed by atoms with Gasteiger partial charge in [0.2, 0.25) is 0 Å². The fourth-order valence-corrected chi connectivity index (χ4v) is 4.20. The second kappa shape index (κ2) is 12.0. The molecule has 0 fully saturated rings. The zero-order valence-electron chi connectivity index (χ0n) is 20.9. The van der Waals surface area contributed by atoms with Gasteiger partial charge < -0.3 is 19.4 Å². The van der Waals surface area contributed by atoms with Gasteiger partial charge in [-0.05, 0) is 29.3 Å². The van der Waals surface area contributed by atoms with Gasteiger partial charge in [-0.25, -0.2) is 4.39 Å². The number of hydrogen-bond acceptors (Lipinski definition) is 6. The van der Waals surface area contributed by atoms with Crippen LogP contribution in [0.5, 0.6) is 5.75 Å². The molecule has 194 valence electrons. The monoisotopic (exact) mass is 515 g/mol. The highest BCUT2D eigenvalue weighted by Gasteiger charge is 2.24. The number of H-pyrrole nitrogens is 1. The van der Waals surface area contributed by atoms with Gasteiger partial charge in [0.1, 0.15) is 0 Å². The van der Waals surface area contributed by atoms with Crippen LogP contribution >= 0.6 is 0 Å². The molecular weight excluding hydrogens is 489 g/mol. The van der Waals surface area contributed by atoms with Crippen molar-refractivity contribution in [3.8, 4) is 11.8 Å². The van der Waals surface area contributed by atoms with E-state index in [-0.39, 0.29) is 47.1 Å². The summed E-state index contributed by atoms with van der Waals surface area (Å²) in [5, 5.41) is 19.0. The fraction of sp³-hybridized carbons (Fsp3) is 0.214. The molecule has 9 nitrogen and oxygen atoms in total. The van der Waals surface area contributed by atoms with Gasteiger partial charge >= 0.3 is 0 Å². The van der Waals surface area contributed by atoms with Gasteiger partial charge in [-0.3, -0.25) is 14.7 Å². The standard InChI is InChI=1S/C28H26FN5O4/c1-37-17-23(19-8-6-18(7-9-19)16-34-12-4-3-5-25(34)35)27-22(15-32-33-27)28(36)31-14-21-20(13-30)10-11-24(38-2)26(21)29/h3-12,15,23H,14,16-17H2,1-2H3,(H,31,36)(H,32,33). The first-order chi connectivity index (χ1) is 18.5. The summed E-state index contributed by atoms with van der Waals surface area (Å²) in [5.74, 6) is -1.55. The van der Waals surface area contributed by atoms with Gasteiger partial charge in [0.15, 0.2) is 11.6 Å². The first-order valence-electron chi connectivity index (χ1n) is 11.8. The fourth-order valence-electron chi connectivity index (χ4n) is 4.20. The molecule has 0 spiro atoms. The van der Waals surface area contributed by atoms with Crippen molar-refractivity contribution in [3.05, 3.63) is 117 Å². The van der Waals surface area contributed by atoms with Crippen molar-refractivity contribution < 1.29 is 18.7 Å². The predicted molar refractivity (Wildman–Crippen MR) is 137 cm³/mol. The number of aromatic nitrogens is 3. The van der Waals surface area contributed by atoms with Crippen molar-refractivity contribution in [3.63, 3.8) is 0 Å². The number of nitrogens with zero attached hydrogens (tertiary/aromatic N) is 3. The third-order valence-electron chi connectivity index (χ3n) is 6.20. The van der Waals surface area contributed by atoms with Gasteiger partial charge in [0.05, 0.1) is 49.3 Å². The van der Waals surface area contributed by atoms with E-state index in [2.05, 4.69) is 15.5 Å². The van der Waals surface area contributed by atoms with Gasteiger partial charge in [-0.15, -0.1) is 0 Å². The summed E-state index contributed by atoms with van der Waals surface area (Å²) in [6.45, 7) is 0.485. The molecule has 0 aliphatic heterocycles. The zero-order valence-corrected chi connectivity index (χ0v) is 20.9. The number of halogens is 1. The molecule has 0 aliphatic rings. The van der Waals surface area contributed by atoms with Gasteiger partial charge in [-0.2, -0.15) is 10.4 Å². The summed E-state index contributed by atoms with van der Waals surface area (Å²) < 4.78 is 26.8. The van der Waals surface area contributed by atoms with Crippen LogP contribution in [0.3, 0.4) is 0 Å². The number of methoxy groups -OCH3 is 2. The van der Waals surface area contributed by atoms with Crippen molar-refractivity contribution in [2.75, 3.05) is 20.8 Å². The van der Waals surface area contributed by atoms with Gasteiger partial charge in [0, 0.05) is 37.4 Å². The molecule has 2 N–H and O–H groups in total. The van der Waals surface area contributed by atoms with Crippen molar-refractivity contribution in [2.24, 2.45) is 0 Å². The SMILES string of the molecule is COCC(c1ccc(Cn2ccccc2=O)cc1)c1[nH]ncc1C(=O)NCc1c(C#N)ccc(OC)c1F. The molecule has 10 heteroatoms. The van der Waals surface area contributed by atoms with Gasteiger partial charge in [0.25, 0.3) is 11.5 Å². The van der Waals surface area contributed by atoms with Crippen molar-refractivity contribution in [1.82, 2.24) is 20.1 Å². The Bertz CT molecular complexity index is 1520. The number of carbonyl (C=O) groups excluding carboxylic acids is 1. The lowest BCUT2D eigenvalue weighted by Crippen LogP contribution is -2.26. The molecule has 2 heterocycles. The molecule has 0 radical (unpaired) electrons. The van der Waals surface area contributed by atoms with E-state index in [1.807, 2.05) is 30.3 Å². The van der Waals surface area contributed by atoms with Crippen LogP contribution in [0.4, 0.5) is 4.39 Å². The average Bonchev–Trinajstić information content (AvgIpc) is 3.42. The Balaban J connectivity index is 1.54. The van der Waals surface area contributed by atoms with Crippen molar-refractivity contribution in [1.29, 1.82) is 5.26 Å². The number of pyridine rings is 1. The van der Waals surface area contributed by atoms with Crippen LogP contribution in [-0.4, -0.2) is 41.5 Å². The maximum Gasteiger partial charge on any atom is 0.255 e. The smallest absolute Gasteiger partial charge is 0.255 e. The van der Waals surface area contributed by atoms with Crippen LogP contribution in [0.25, 0.3) is 0 Å². The Hall–Kier alpha value is -4.75. The Labute approximate surface area is 218 Å². The number of nitrogens with one attached hydrogen (secondary N) is 2. The van der Waals surface area contributed by atoms with Crippen LogP contribution in [-0.2, 0) is 17.8 Å². The van der Waals surface area contributed by atoms with Crippen molar-refractivity contribution >= 4 is 5.91 Å². The van der Waals surface area contributed by atoms with E-state index < -0.39 is 11.7 Å². The van der Waals surface area contributed by atoms with E-state index in [0.717, 1.165) is 11.1 Å². The Morgan fingerprint density at radius 3 is 2.66 bits per heavy atom. The van der Waals surface area contributed by atoms with E-state index in [1.165, 1.54) is 31.5 Å². The molecule has 0 saturated heterocycles. The first-order valence-corrected chi connectivity index (χ1v) is 11.8. The number of hydrogen-bond donors (Lipinski definition) is 2. The molecule has 1 amide bonds. The highest BCUT2D eigenvalue weighted by molar-refractivity contribution is 5.95. The summed E-state index contributed by atoms with van der Waals surface area (Å²) in [4.78, 5) is 25.1. The summed E-state index contributed by atoms with van der Waals surface area (Å²) in [7, 11) is 2.89. The summed E-state index contributed by atoms with van der Waals surface area (Å²) in [6.07, 6.45) is 3.13. The molecule has 2 aromatic heterocycles. The lowest BCUT2D eigenvalue weighted by molar-refractivity contribution is 0.0948. The molecule has 38 heavy (non-hydrogen) atoms. The van der Waals surface area contributed by atoms with E-state index in [1.54, 1.807) is 30.0 Å². The summed E-state index contributed by atoms with van der Waals surface area (Å²) in [6, 6.07) is 17.4. The Morgan fingerprint density at radius 1 is 1.18 bits per heavy atom. The zero-order chi connectivity index (χ0) is 27.1. The average molecular weight is 516 g/mol. The molecule has 0 aliphatic carbocycles. The summed E-state index contributed by atoms with van der Waals surface area (Å²) >= 11 is 0. The Morgan fingerprint density at radius 2 is 1.97 bits per heavy atom. The van der Waals surface area contributed by atoms with Gasteiger partial charge in [-0.1, -0.05) is 30.3 Å². The third-order valence-corrected chi connectivity index (χ3v) is 6.20. The number of carbonyl (C=O) groups is 1. The largest absolute Gasteiger partial charge is 0.494 e. The molecular formula is C28H26FN5O4. The maximum atomic E-state index is 14.8. The van der Waals surface area contributed by atoms with Crippen LogP contribution in [0.2, 0.25) is 0 Å². The quantitative estimate of drug-likeness (QED) is 0.334. The van der Waals surface area contributed by atoms with E-state index >= 15 is 0 Å². The van der Waals surface area contributed by atoms with E-state index in [9.17, 15) is 19.2 Å². The van der Waals surface area contributed by atoms with Crippen LogP contribution in [0, 0.1) is 17.1 Å². The van der Waals surface area contributed by atoms with Crippen LogP contribution in [0.1, 0.15) is 44.2 Å². The normalized spacial score (nSPS) is 11.5. The number of benzene rings is 2. The van der Waals surface area contributed by atoms with Crippen LogP contribution in [0.15, 0.2) is 71.8 Å². The number of rotatable bonds is 10. The molecule has 2 aromatic carbocycles. The summed E-state index contributed by atoms with van der Waals surface area (Å²) in [5.41, 5.74) is 2.67. The lowest BCUT2D eigenvalue weighted by atomic mass is 9.93. The number of aromatic amines is 1. The lowest BCUT2D eigenvalue weighted by Gasteiger charge is -2.18. The topological polar surface area (TPSA) is 122 Å². The highest BCUT2D eigenvalue weighted by atomic mass is 19.1. The number of ether oxygens (including phenoxy) is 2. The Kier molecular flexibility index (Phi) is 8.30. The minimum atomic E-state index is -0.700. The van der Waals surface area contributed by atoms with Crippen molar-refractivity contribution in [2.45, 2.75) is 19.0 Å². The molecule has 1 atom stereocenters. The van der Waals surface area contributed by atoms with Crippen LogP contribution < -0.4 is 15.6 Å². The maximum absolute atomic E-state index is 14.8. The number of amides is 1. The molecule has 4 aromatic rings. The minimum absolute atomic E-state index is 0.0157. The first kappa shape index (κ1) is 26.3. The minimum Gasteiger partial charge on any atom is -0.494 e. The van der Waals surface area contributed by atoms with E-state index in [4.69, 9.17) is 9.47 Å². The third kappa shape index (κ3) is 5.63.